The Hall–Kier alpha value is 7.36. The molecule has 5 aliphatic heterocycles. The Bertz CT molecular complexity index is 1470. The van der Waals surface area contributed by atoms with Gasteiger partial charge in [-0.05, 0) is 12.3 Å². The second kappa shape index (κ2) is 18.9. The van der Waals surface area contributed by atoms with Gasteiger partial charge in [0.05, 0.1) is 49.3 Å². The molecule has 24 heteroatoms. The minimum atomic E-state index is 0.00613. The third-order valence-corrected chi connectivity index (χ3v) is 40.3. The quantitative estimate of drug-likeness (QED) is 0.0957. The first kappa shape index (κ1) is 48.4. The summed E-state index contributed by atoms with van der Waals surface area (Å²) in [5.74, 6) is 2.31. The van der Waals surface area contributed by atoms with Crippen molar-refractivity contribution in [2.24, 2.45) is 47.3 Å². The highest BCUT2D eigenvalue weighted by molar-refractivity contribution is 9.16. The molecule has 56 heavy (non-hydrogen) atoms. The van der Waals surface area contributed by atoms with E-state index in [9.17, 15) is 0 Å². The largest absolute Gasteiger partial charge is 0.286 e. The van der Waals surface area contributed by atoms with E-state index in [0.717, 1.165) is 6.42 Å². The summed E-state index contributed by atoms with van der Waals surface area (Å²) in [5, 5.41) is 29.7. The van der Waals surface area contributed by atoms with Gasteiger partial charge in [-0.2, -0.15) is 0 Å². The van der Waals surface area contributed by atoms with Crippen LogP contribution in [-0.4, -0.2) is 126 Å². The van der Waals surface area contributed by atoms with E-state index in [0.29, 0.717) is 21.5 Å². The van der Waals surface area contributed by atoms with Crippen LogP contribution < -0.4 is 37.2 Å². The third-order valence-electron chi connectivity index (χ3n) is 14.4. The van der Waals surface area contributed by atoms with Crippen molar-refractivity contribution < 1.29 is 0 Å². The van der Waals surface area contributed by atoms with Crippen LogP contribution >= 0.6 is 255 Å². The zero-order valence-corrected chi connectivity index (χ0v) is 54.0. The molecule has 8 bridgehead atoms. The molecule has 5 saturated heterocycles. The van der Waals surface area contributed by atoms with Crippen LogP contribution in [0.25, 0.3) is 0 Å². The predicted molar refractivity (Wildman–Crippen MR) is 286 cm³/mol. The highest BCUT2D eigenvalue weighted by Gasteiger charge is 2.65. The number of fused-ring (bicyclic) bond motifs is 20. The van der Waals surface area contributed by atoms with E-state index in [1.807, 2.05) is 0 Å². The second-order valence-electron chi connectivity index (χ2n) is 16.9. The van der Waals surface area contributed by atoms with Gasteiger partial charge in [-0.3, -0.25) is 37.2 Å². The first-order valence-corrected chi connectivity index (χ1v) is 33.3. The normalized spacial score (nSPS) is 65.0. The molecule has 31 atom stereocenters. The molecule has 7 N–H and O–H groups in total. The number of nitrogens with one attached hydrogen (secondary N) is 7. The topological polar surface area (TPSA) is 87.4 Å². The highest BCUT2D eigenvalue weighted by Crippen LogP contribution is 2.57. The lowest BCUT2D eigenvalue weighted by molar-refractivity contribution is 0.178. The minimum absolute atomic E-state index is 0.00613. The van der Waals surface area contributed by atoms with Gasteiger partial charge in [-0.1, -0.05) is 239 Å². The Morgan fingerprint density at radius 3 is 0.911 bits per heavy atom. The average Bonchev–Trinajstić information content (AvgIpc) is 3.89. The van der Waals surface area contributed by atoms with Crippen molar-refractivity contribution in [3.63, 3.8) is 0 Å². The number of nitrogens with zero attached hydrogens (tertiary/aromatic N) is 1. The van der Waals surface area contributed by atoms with Crippen LogP contribution in [0.1, 0.15) is 6.42 Å². The Morgan fingerprint density at radius 2 is 0.554 bits per heavy atom. The Kier molecular flexibility index (Phi) is 16.4. The fourth-order valence-electron chi connectivity index (χ4n) is 11.8. The van der Waals surface area contributed by atoms with Crippen molar-refractivity contribution in [2.75, 3.05) is 0 Å². The van der Waals surface area contributed by atoms with Crippen molar-refractivity contribution in [2.45, 2.75) is 128 Å². The van der Waals surface area contributed by atoms with Gasteiger partial charge in [0.2, 0.25) is 0 Å². The van der Waals surface area contributed by atoms with Gasteiger partial charge in [0.15, 0.2) is 0 Å². The maximum atomic E-state index is 4.30. The first-order chi connectivity index (χ1) is 26.4. The lowest BCUT2D eigenvalue weighted by Gasteiger charge is -2.46. The number of hydrogen-bond acceptors (Lipinski definition) is 8. The Morgan fingerprint density at radius 1 is 0.286 bits per heavy atom. The molecule has 4 saturated carbocycles. The summed E-state index contributed by atoms with van der Waals surface area (Å²) in [6.07, 6.45) is 1.30. The summed E-state index contributed by atoms with van der Waals surface area (Å²) < 4.78 is 2.43. The van der Waals surface area contributed by atoms with Crippen molar-refractivity contribution in [1.82, 2.24) is 41.1 Å². The van der Waals surface area contributed by atoms with Crippen LogP contribution in [0.3, 0.4) is 0 Å². The molecular weight excluding hydrogens is 1770 g/mol. The molecule has 9 aliphatic rings. The van der Waals surface area contributed by atoms with E-state index in [2.05, 4.69) is 296 Å². The van der Waals surface area contributed by atoms with E-state index >= 15 is 0 Å². The Balaban J connectivity index is 1.16. The SMILES string of the molecule is BrC1CC2C3NC(NC4C5C(Br)C(Br)C(Br)C(Br)C5C(NC5NC(NC6NC(N3)C3C(Br)C(Br)C(Br)C(Br)C63)C3C(Br)C(Br)C(Br)C(Br)C53)N4Br)C2C(Br)C1Br. The van der Waals surface area contributed by atoms with Crippen molar-refractivity contribution in [3.05, 3.63) is 0 Å². The lowest BCUT2D eigenvalue weighted by Crippen LogP contribution is -2.62. The number of hydrogen-bond donors (Lipinski definition) is 7. The molecule has 0 radical (unpaired) electrons. The van der Waals surface area contributed by atoms with Crippen LogP contribution in [-0.2, 0) is 0 Å². The van der Waals surface area contributed by atoms with Crippen LogP contribution in [0.5, 0.6) is 0 Å². The van der Waals surface area contributed by atoms with Crippen molar-refractivity contribution in [3.8, 4) is 0 Å². The number of alkyl halides is 15. The highest BCUT2D eigenvalue weighted by atomic mass is 79.9. The molecule has 0 aromatic rings. The zero-order chi connectivity index (χ0) is 40.1. The predicted octanol–water partition coefficient (Wildman–Crippen LogP) is 9.23. The number of rotatable bonds is 0. The van der Waals surface area contributed by atoms with Gasteiger partial charge < -0.3 is 0 Å². The fraction of sp³-hybridized carbons (Fsp3) is 1.00. The van der Waals surface area contributed by atoms with Crippen molar-refractivity contribution in [1.29, 1.82) is 0 Å². The summed E-state index contributed by atoms with van der Waals surface area (Å²) in [4.78, 5) is 3.62. The van der Waals surface area contributed by atoms with Gasteiger partial charge >= 0.3 is 0 Å². The standard InChI is InChI=1S/C32H40Br16N8/c33-3-1-2-4(12(35)11(3)34)26-49-25(2)50-27-5-6(14(37)20(43)19(42)13(5)36)28(51-27)52-29-7-8(16(39)22(45)21(44)15(7)38)30(53-29)55-32-10-9(31(54-26)56(32)48)17(40)23(46)24(47)18(10)41/h2-32,49-55H,1H2. The molecule has 5 heterocycles. The van der Waals surface area contributed by atoms with Crippen LogP contribution in [0, 0.1) is 47.3 Å². The fourth-order valence-corrected chi connectivity index (χ4v) is 27.8. The summed E-state index contributed by atoms with van der Waals surface area (Å²) >= 11 is 67.0. The molecule has 4 aliphatic carbocycles. The van der Waals surface area contributed by atoms with Crippen LogP contribution in [0.2, 0.25) is 0 Å². The number of halogens is 16. The van der Waals surface area contributed by atoms with Gasteiger partial charge in [0.25, 0.3) is 0 Å². The van der Waals surface area contributed by atoms with Gasteiger partial charge in [0, 0.05) is 130 Å². The molecule has 8 nitrogen and oxygen atoms in total. The summed E-state index contributed by atoms with van der Waals surface area (Å²) in [5.41, 5.74) is 0. The average molecular weight is 1820 g/mol. The molecule has 320 valence electrons. The summed E-state index contributed by atoms with van der Waals surface area (Å²) in [6, 6.07) is 0. The van der Waals surface area contributed by atoms with Gasteiger partial charge in [-0.15, -0.1) is 0 Å². The van der Waals surface area contributed by atoms with Crippen LogP contribution in [0.4, 0.5) is 0 Å². The molecule has 0 spiro atoms. The smallest absolute Gasteiger partial charge is 0.0772 e. The molecule has 0 aromatic carbocycles. The first-order valence-electron chi connectivity index (χ1n) is 18.8. The minimum Gasteiger partial charge on any atom is -0.286 e. The molecule has 0 amide bonds. The summed E-state index contributed by atoms with van der Waals surface area (Å²) in [7, 11) is 0. The zero-order valence-electron chi connectivity index (χ0n) is 28.6. The van der Waals surface area contributed by atoms with Crippen molar-refractivity contribution >= 4 is 255 Å². The van der Waals surface area contributed by atoms with E-state index in [4.69, 9.17) is 0 Å². The third kappa shape index (κ3) is 7.98. The van der Waals surface area contributed by atoms with Gasteiger partial charge in [-0.25, -0.2) is 3.93 Å². The molecule has 9 fully saturated rings. The van der Waals surface area contributed by atoms with E-state index in [-0.39, 0.29) is 148 Å². The van der Waals surface area contributed by atoms with Gasteiger partial charge in [0.1, 0.15) is 0 Å². The second-order valence-corrected chi connectivity index (χ2v) is 33.7. The van der Waals surface area contributed by atoms with E-state index in [1.165, 1.54) is 0 Å². The maximum absolute atomic E-state index is 4.30. The van der Waals surface area contributed by atoms with E-state index in [1.54, 1.807) is 0 Å². The molecule has 31 unspecified atom stereocenters. The lowest BCUT2D eigenvalue weighted by atomic mass is 9.76. The molecule has 9 rings (SSSR count). The monoisotopic (exact) mass is 1800 g/mol. The Labute approximate surface area is 464 Å². The summed E-state index contributed by atoms with van der Waals surface area (Å²) in [6.45, 7) is 0. The molecular formula is C32H40Br16N8. The maximum Gasteiger partial charge on any atom is 0.0772 e. The van der Waals surface area contributed by atoms with Crippen LogP contribution in [0.15, 0.2) is 0 Å². The van der Waals surface area contributed by atoms with E-state index < -0.39 is 0 Å². The molecule has 0 aromatic heterocycles.